The van der Waals surface area contributed by atoms with Gasteiger partial charge in [-0.05, 0) is 6.92 Å². The Hall–Kier alpha value is -0.160. The third kappa shape index (κ3) is 4.69. The van der Waals surface area contributed by atoms with Gasteiger partial charge in [-0.25, -0.2) is 0 Å². The van der Waals surface area contributed by atoms with Crippen molar-refractivity contribution in [3.63, 3.8) is 0 Å². The molecule has 0 aliphatic heterocycles. The van der Waals surface area contributed by atoms with Gasteiger partial charge in [-0.2, -0.15) is 0 Å². The second kappa shape index (κ2) is 5.61. The first-order chi connectivity index (χ1) is 4.70. The summed E-state index contributed by atoms with van der Waals surface area (Å²) >= 11 is 0. The fourth-order valence-electron chi connectivity index (χ4n) is 0.393. The van der Waals surface area contributed by atoms with Crippen LogP contribution in [0.4, 0.5) is 0 Å². The molecule has 0 aromatic carbocycles. The van der Waals surface area contributed by atoms with Crippen LogP contribution in [0.2, 0.25) is 0 Å². The molecule has 0 aliphatic rings. The van der Waals surface area contributed by atoms with Crippen LogP contribution in [0.15, 0.2) is 0 Å². The van der Waals surface area contributed by atoms with Crippen molar-refractivity contribution >= 4 is 0 Å². The van der Waals surface area contributed by atoms with E-state index in [2.05, 4.69) is 0 Å². The lowest BCUT2D eigenvalue weighted by molar-refractivity contribution is 0.0115. The highest BCUT2D eigenvalue weighted by molar-refractivity contribution is 4.57. The summed E-state index contributed by atoms with van der Waals surface area (Å²) in [7, 11) is 0. The fourth-order valence-corrected chi connectivity index (χ4v) is 0.393. The monoisotopic (exact) mass is 149 g/mol. The molecule has 0 fully saturated rings. The normalized spacial score (nSPS) is 16.8. The van der Waals surface area contributed by atoms with E-state index in [9.17, 15) is 0 Å². The van der Waals surface area contributed by atoms with Crippen LogP contribution >= 0.6 is 0 Å². The number of hydrogen-bond acceptors (Lipinski definition) is 4. The van der Waals surface area contributed by atoms with Gasteiger partial charge >= 0.3 is 0 Å². The van der Waals surface area contributed by atoms with Crippen molar-refractivity contribution in [1.29, 1.82) is 0 Å². The summed E-state index contributed by atoms with van der Waals surface area (Å²) in [5.74, 6) is 0. The van der Waals surface area contributed by atoms with E-state index in [1.54, 1.807) is 6.92 Å². The molecular weight excluding hydrogens is 134 g/mol. The minimum Gasteiger partial charge on any atom is -0.395 e. The van der Waals surface area contributed by atoms with Gasteiger partial charge in [0.1, 0.15) is 0 Å². The number of hydrogen-bond donors (Lipinski definition) is 3. The van der Waals surface area contributed by atoms with E-state index in [4.69, 9.17) is 20.7 Å². The van der Waals surface area contributed by atoms with Crippen LogP contribution in [0.5, 0.6) is 0 Å². The van der Waals surface area contributed by atoms with Crippen molar-refractivity contribution in [2.75, 3.05) is 19.8 Å². The van der Waals surface area contributed by atoms with Crippen molar-refractivity contribution < 1.29 is 14.9 Å². The molecule has 0 heterocycles. The van der Waals surface area contributed by atoms with Crippen LogP contribution in [0.3, 0.4) is 0 Å². The topological polar surface area (TPSA) is 75.7 Å². The zero-order valence-corrected chi connectivity index (χ0v) is 6.16. The van der Waals surface area contributed by atoms with Crippen molar-refractivity contribution in [1.82, 2.24) is 0 Å². The number of rotatable bonds is 5. The molecule has 0 aliphatic carbocycles. The van der Waals surface area contributed by atoms with Crippen LogP contribution in [0.25, 0.3) is 0 Å². The predicted molar refractivity (Wildman–Crippen MR) is 37.6 cm³/mol. The molecule has 0 saturated carbocycles. The lowest BCUT2D eigenvalue weighted by Crippen LogP contribution is -2.32. The largest absolute Gasteiger partial charge is 0.395 e. The summed E-state index contributed by atoms with van der Waals surface area (Å²) in [4.78, 5) is 0. The van der Waals surface area contributed by atoms with Gasteiger partial charge in [0.25, 0.3) is 0 Å². The summed E-state index contributed by atoms with van der Waals surface area (Å²) in [5, 5.41) is 16.9. The Bertz CT molecular complexity index is 69.4. The molecule has 0 aromatic heterocycles. The summed E-state index contributed by atoms with van der Waals surface area (Å²) in [6.45, 7) is 1.93. The molecule has 0 spiro atoms. The molecule has 0 radical (unpaired) electrons. The van der Waals surface area contributed by atoms with E-state index in [1.807, 2.05) is 0 Å². The van der Waals surface area contributed by atoms with Crippen LogP contribution in [0, 0.1) is 0 Å². The summed E-state index contributed by atoms with van der Waals surface area (Å²) < 4.78 is 5.01. The van der Waals surface area contributed by atoms with Crippen LogP contribution < -0.4 is 5.73 Å². The minimum absolute atomic E-state index is 0.0157. The Kier molecular flexibility index (Phi) is 5.52. The van der Waals surface area contributed by atoms with Crippen molar-refractivity contribution in [2.45, 2.75) is 19.1 Å². The molecule has 0 bridgehead atoms. The van der Waals surface area contributed by atoms with E-state index >= 15 is 0 Å². The van der Waals surface area contributed by atoms with Gasteiger partial charge in [0.05, 0.1) is 32.0 Å². The molecule has 2 atom stereocenters. The quantitative estimate of drug-likeness (QED) is 0.454. The van der Waals surface area contributed by atoms with E-state index < -0.39 is 0 Å². The highest BCUT2D eigenvalue weighted by Gasteiger charge is 2.03. The number of nitrogens with two attached hydrogens (primary N) is 1. The first kappa shape index (κ1) is 9.84. The van der Waals surface area contributed by atoms with Crippen LogP contribution in [0.1, 0.15) is 6.92 Å². The standard InChI is InChI=1S/C6H15NO3/c1-5(2-8)10-4-6(7)3-9/h5-6,8-9H,2-4,7H2,1H3/t5?,6-/m0/s1. The molecule has 62 valence electrons. The first-order valence-electron chi connectivity index (χ1n) is 3.29. The smallest absolute Gasteiger partial charge is 0.0778 e. The van der Waals surface area contributed by atoms with Crippen LogP contribution in [-0.4, -0.2) is 42.2 Å². The summed E-state index contributed by atoms with van der Waals surface area (Å²) in [5.41, 5.74) is 5.32. The Balaban J connectivity index is 3.17. The molecule has 0 amide bonds. The molecule has 4 heteroatoms. The first-order valence-corrected chi connectivity index (χ1v) is 3.29. The zero-order chi connectivity index (χ0) is 7.98. The fraction of sp³-hybridized carbons (Fsp3) is 1.00. The van der Waals surface area contributed by atoms with Gasteiger partial charge in [0.15, 0.2) is 0 Å². The molecule has 10 heavy (non-hydrogen) atoms. The maximum absolute atomic E-state index is 8.49. The second-order valence-corrected chi connectivity index (χ2v) is 2.27. The van der Waals surface area contributed by atoms with Crippen molar-refractivity contribution in [3.05, 3.63) is 0 Å². The predicted octanol–water partition coefficient (Wildman–Crippen LogP) is -1.30. The van der Waals surface area contributed by atoms with E-state index in [0.717, 1.165) is 0 Å². The average Bonchev–Trinajstić information content (AvgIpc) is 1.99. The number of aliphatic hydroxyl groups excluding tert-OH is 2. The van der Waals surface area contributed by atoms with Gasteiger partial charge in [-0.1, -0.05) is 0 Å². The molecule has 4 nitrogen and oxygen atoms in total. The Morgan fingerprint density at radius 2 is 2.00 bits per heavy atom. The molecular formula is C6H15NO3. The van der Waals surface area contributed by atoms with Crippen molar-refractivity contribution in [2.24, 2.45) is 5.73 Å². The molecule has 4 N–H and O–H groups in total. The Morgan fingerprint density at radius 1 is 1.40 bits per heavy atom. The van der Waals surface area contributed by atoms with Crippen molar-refractivity contribution in [3.8, 4) is 0 Å². The van der Waals surface area contributed by atoms with Gasteiger partial charge in [0, 0.05) is 0 Å². The van der Waals surface area contributed by atoms with Gasteiger partial charge in [-0.15, -0.1) is 0 Å². The Labute approximate surface area is 60.6 Å². The minimum atomic E-state index is -0.339. The second-order valence-electron chi connectivity index (χ2n) is 2.27. The van der Waals surface area contributed by atoms with E-state index in [0.29, 0.717) is 0 Å². The molecule has 1 unspecified atom stereocenters. The average molecular weight is 149 g/mol. The van der Waals surface area contributed by atoms with Crippen LogP contribution in [-0.2, 0) is 4.74 Å². The highest BCUT2D eigenvalue weighted by Crippen LogP contribution is 1.89. The summed E-state index contributed by atoms with van der Waals surface area (Å²) in [6.07, 6.45) is -0.197. The lowest BCUT2D eigenvalue weighted by atomic mass is 10.3. The molecule has 0 aromatic rings. The molecule has 0 rings (SSSR count). The maximum atomic E-state index is 8.49. The molecule has 0 saturated heterocycles. The highest BCUT2D eigenvalue weighted by atomic mass is 16.5. The van der Waals surface area contributed by atoms with Gasteiger partial charge < -0.3 is 20.7 Å². The maximum Gasteiger partial charge on any atom is 0.0778 e. The third-order valence-corrected chi connectivity index (χ3v) is 1.09. The van der Waals surface area contributed by atoms with Gasteiger partial charge in [0.2, 0.25) is 0 Å². The zero-order valence-electron chi connectivity index (χ0n) is 6.16. The van der Waals surface area contributed by atoms with E-state index in [1.165, 1.54) is 0 Å². The lowest BCUT2D eigenvalue weighted by Gasteiger charge is -2.12. The third-order valence-electron chi connectivity index (χ3n) is 1.09. The summed E-state index contributed by atoms with van der Waals surface area (Å²) in [6, 6.07) is -0.339. The van der Waals surface area contributed by atoms with Gasteiger partial charge in [-0.3, -0.25) is 0 Å². The number of ether oxygens (including phenoxy) is 1. The number of aliphatic hydroxyl groups is 2. The SMILES string of the molecule is CC(CO)OC[C@@H](N)CO. The Morgan fingerprint density at radius 3 is 2.40 bits per heavy atom. The van der Waals surface area contributed by atoms with E-state index in [-0.39, 0.29) is 32.0 Å².